The van der Waals surface area contributed by atoms with Crippen molar-refractivity contribution in [3.8, 4) is 5.75 Å². The second-order valence-corrected chi connectivity index (χ2v) is 7.94. The molecule has 6 nitrogen and oxygen atoms in total. The number of nitrogens with zero attached hydrogens (tertiary/aromatic N) is 2. The number of anilines is 1. The van der Waals surface area contributed by atoms with Crippen LogP contribution in [0.2, 0.25) is 0 Å². The van der Waals surface area contributed by atoms with Crippen molar-refractivity contribution in [1.29, 1.82) is 0 Å². The Kier molecular flexibility index (Phi) is 8.00. The average molecular weight is 429 g/mol. The van der Waals surface area contributed by atoms with E-state index < -0.39 is 0 Å². The molecule has 2 aromatic rings. The summed E-state index contributed by atoms with van der Waals surface area (Å²) in [4.78, 5) is 27.8. The maximum Gasteiger partial charge on any atom is 0.415 e. The molecule has 1 atom stereocenters. The molecule has 1 fully saturated rings. The topological polar surface area (TPSA) is 59.1 Å². The first kappa shape index (κ1) is 22.7. The zero-order valence-electron chi connectivity index (χ0n) is 17.9. The number of carbonyl (C=O) groups is 2. The average Bonchev–Trinajstić information content (AvgIpc) is 2.78. The van der Waals surface area contributed by atoms with Gasteiger partial charge in [0.05, 0.1) is 18.8 Å². The normalized spacial score (nSPS) is 15.5. The molecule has 31 heavy (non-hydrogen) atoms. The van der Waals surface area contributed by atoms with Crippen LogP contribution in [0.5, 0.6) is 5.75 Å². The van der Waals surface area contributed by atoms with E-state index in [0.29, 0.717) is 44.0 Å². The van der Waals surface area contributed by atoms with Crippen LogP contribution in [0.3, 0.4) is 0 Å². The molecule has 1 saturated heterocycles. The van der Waals surface area contributed by atoms with Crippen LogP contribution in [0.15, 0.2) is 54.6 Å². The molecule has 0 spiro atoms. The highest BCUT2D eigenvalue weighted by molar-refractivity contribution is 5.76. The SMILES string of the molecule is CC(C)OCC(C1CCN(C(=O)Oc2ccccc2)CC1)N(C=O)c1ccc(F)cc1. The van der Waals surface area contributed by atoms with Gasteiger partial charge in [-0.15, -0.1) is 0 Å². The first-order chi connectivity index (χ1) is 15.0. The van der Waals surface area contributed by atoms with Crippen molar-refractivity contribution in [2.45, 2.75) is 38.8 Å². The van der Waals surface area contributed by atoms with Gasteiger partial charge in [-0.2, -0.15) is 0 Å². The molecule has 0 saturated carbocycles. The zero-order chi connectivity index (χ0) is 22.2. The highest BCUT2D eigenvalue weighted by Crippen LogP contribution is 2.28. The van der Waals surface area contributed by atoms with Gasteiger partial charge in [0.2, 0.25) is 6.41 Å². The van der Waals surface area contributed by atoms with Crippen molar-refractivity contribution in [3.05, 3.63) is 60.4 Å². The fourth-order valence-electron chi connectivity index (χ4n) is 3.80. The van der Waals surface area contributed by atoms with Gasteiger partial charge in [-0.1, -0.05) is 18.2 Å². The predicted molar refractivity (Wildman–Crippen MR) is 117 cm³/mol. The first-order valence-corrected chi connectivity index (χ1v) is 10.6. The lowest BCUT2D eigenvalue weighted by Gasteiger charge is -2.39. The van der Waals surface area contributed by atoms with Crippen molar-refractivity contribution in [3.63, 3.8) is 0 Å². The highest BCUT2D eigenvalue weighted by atomic mass is 19.1. The standard InChI is InChI=1S/C24H29FN2O4/c1-18(2)30-16-23(27(17-28)21-10-8-20(25)9-11-21)19-12-14-26(15-13-19)24(29)31-22-6-4-3-5-7-22/h3-11,17-19,23H,12-16H2,1-2H3. The third kappa shape index (κ3) is 6.28. The summed E-state index contributed by atoms with van der Waals surface area (Å²) >= 11 is 0. The molecule has 0 aromatic heterocycles. The van der Waals surface area contributed by atoms with Gasteiger partial charge in [-0.25, -0.2) is 9.18 Å². The Morgan fingerprint density at radius 2 is 1.77 bits per heavy atom. The predicted octanol–water partition coefficient (Wildman–Crippen LogP) is 4.49. The third-order valence-electron chi connectivity index (χ3n) is 5.49. The molecule has 3 rings (SSSR count). The molecular weight excluding hydrogens is 399 g/mol. The number of ether oxygens (including phenoxy) is 2. The van der Waals surface area contributed by atoms with Gasteiger partial charge in [-0.3, -0.25) is 4.79 Å². The van der Waals surface area contributed by atoms with Gasteiger partial charge >= 0.3 is 6.09 Å². The molecule has 2 amide bonds. The summed E-state index contributed by atoms with van der Waals surface area (Å²) in [5.41, 5.74) is 0.625. The van der Waals surface area contributed by atoms with Gasteiger partial charge in [0.25, 0.3) is 0 Å². The number of halogens is 1. The quantitative estimate of drug-likeness (QED) is 0.581. The second-order valence-electron chi connectivity index (χ2n) is 7.94. The summed E-state index contributed by atoms with van der Waals surface area (Å²) in [5, 5.41) is 0. The molecule has 1 unspecified atom stereocenters. The summed E-state index contributed by atoms with van der Waals surface area (Å²) in [6.07, 6.45) is 1.84. The minimum atomic E-state index is -0.370. The van der Waals surface area contributed by atoms with Crippen LogP contribution in [0.4, 0.5) is 14.9 Å². The fraction of sp³-hybridized carbons (Fsp3) is 0.417. The minimum Gasteiger partial charge on any atom is -0.410 e. The Balaban J connectivity index is 1.67. The van der Waals surface area contributed by atoms with E-state index in [9.17, 15) is 14.0 Å². The molecule has 7 heteroatoms. The van der Waals surface area contributed by atoms with E-state index in [1.807, 2.05) is 32.0 Å². The van der Waals surface area contributed by atoms with E-state index in [4.69, 9.17) is 9.47 Å². The van der Waals surface area contributed by atoms with E-state index in [0.717, 1.165) is 6.41 Å². The van der Waals surface area contributed by atoms with Gasteiger partial charge in [0, 0.05) is 18.8 Å². The Morgan fingerprint density at radius 3 is 2.35 bits per heavy atom. The fourth-order valence-corrected chi connectivity index (χ4v) is 3.80. The van der Waals surface area contributed by atoms with Crippen molar-refractivity contribution >= 4 is 18.2 Å². The molecule has 2 aromatic carbocycles. The van der Waals surface area contributed by atoms with Crippen molar-refractivity contribution in [1.82, 2.24) is 4.90 Å². The van der Waals surface area contributed by atoms with Crippen LogP contribution in [0, 0.1) is 11.7 Å². The van der Waals surface area contributed by atoms with E-state index in [-0.39, 0.29) is 30.0 Å². The second kappa shape index (κ2) is 10.9. The monoisotopic (exact) mass is 428 g/mol. The van der Waals surface area contributed by atoms with Crippen molar-refractivity contribution in [2.24, 2.45) is 5.92 Å². The number of carbonyl (C=O) groups excluding carboxylic acids is 2. The number of benzene rings is 2. The number of rotatable bonds is 8. The molecule has 1 heterocycles. The van der Waals surface area contributed by atoms with Crippen LogP contribution in [0.1, 0.15) is 26.7 Å². The number of hydrogen-bond donors (Lipinski definition) is 0. The van der Waals surface area contributed by atoms with Crippen LogP contribution >= 0.6 is 0 Å². The van der Waals surface area contributed by atoms with Crippen LogP contribution in [0.25, 0.3) is 0 Å². The smallest absolute Gasteiger partial charge is 0.410 e. The molecule has 166 valence electrons. The summed E-state index contributed by atoms with van der Waals surface area (Å²) in [5.74, 6) is 0.297. The highest BCUT2D eigenvalue weighted by Gasteiger charge is 2.33. The van der Waals surface area contributed by atoms with Crippen molar-refractivity contribution in [2.75, 3.05) is 24.6 Å². The molecule has 0 bridgehead atoms. The molecule has 0 N–H and O–H groups in total. The number of para-hydroxylation sites is 1. The summed E-state index contributed by atoms with van der Waals surface area (Å²) in [6.45, 7) is 5.33. The number of hydrogen-bond acceptors (Lipinski definition) is 4. The first-order valence-electron chi connectivity index (χ1n) is 10.6. The lowest BCUT2D eigenvalue weighted by molar-refractivity contribution is -0.108. The van der Waals surface area contributed by atoms with Crippen LogP contribution < -0.4 is 9.64 Å². The summed E-state index contributed by atoms with van der Waals surface area (Å²) < 4.78 is 24.7. The number of likely N-dealkylation sites (tertiary alicyclic amines) is 1. The minimum absolute atomic E-state index is 0.0187. The Bertz CT molecular complexity index is 836. The van der Waals surface area contributed by atoms with Gasteiger partial charge in [-0.05, 0) is 69.0 Å². The lowest BCUT2D eigenvalue weighted by atomic mass is 9.88. The molecule has 0 radical (unpaired) electrons. The Labute approximate surface area is 182 Å². The van der Waals surface area contributed by atoms with Gasteiger partial charge in [0.15, 0.2) is 0 Å². The summed E-state index contributed by atoms with van der Waals surface area (Å²) in [7, 11) is 0. The third-order valence-corrected chi connectivity index (χ3v) is 5.49. The molecule has 1 aliphatic rings. The number of piperidine rings is 1. The van der Waals surface area contributed by atoms with Gasteiger partial charge in [0.1, 0.15) is 11.6 Å². The zero-order valence-corrected chi connectivity index (χ0v) is 17.9. The van der Waals surface area contributed by atoms with E-state index >= 15 is 0 Å². The van der Waals surface area contributed by atoms with Crippen molar-refractivity contribution < 1.29 is 23.5 Å². The maximum absolute atomic E-state index is 13.4. The van der Waals surface area contributed by atoms with Crippen LogP contribution in [-0.2, 0) is 9.53 Å². The maximum atomic E-state index is 13.4. The lowest BCUT2D eigenvalue weighted by Crippen LogP contribution is -2.49. The number of amides is 2. The Morgan fingerprint density at radius 1 is 1.13 bits per heavy atom. The Hall–Kier alpha value is -2.93. The molecule has 1 aliphatic heterocycles. The summed E-state index contributed by atoms with van der Waals surface area (Å²) in [6, 6.07) is 14.7. The van der Waals surface area contributed by atoms with Gasteiger partial charge < -0.3 is 19.3 Å². The molecule has 0 aliphatic carbocycles. The van der Waals surface area contributed by atoms with E-state index in [2.05, 4.69) is 0 Å². The largest absolute Gasteiger partial charge is 0.415 e. The van der Waals surface area contributed by atoms with E-state index in [1.54, 1.807) is 34.1 Å². The van der Waals surface area contributed by atoms with Crippen LogP contribution in [-0.4, -0.2) is 49.2 Å². The van der Waals surface area contributed by atoms with E-state index in [1.165, 1.54) is 12.1 Å². The molecular formula is C24H29FN2O4.